The molecule has 2 amide bonds. The summed E-state index contributed by atoms with van der Waals surface area (Å²) in [5, 5.41) is 3.89. The molecule has 15 heavy (non-hydrogen) atoms. The number of carbonyl (C=O) groups excluding carboxylic acids is 1. The number of amides is 2. The first kappa shape index (κ1) is 11.2. The number of hydrogen-bond donors (Lipinski definition) is 2. The van der Waals surface area contributed by atoms with Crippen LogP contribution in [0.2, 0.25) is 0 Å². The first-order valence-corrected chi connectivity index (χ1v) is 4.76. The monoisotopic (exact) mass is 205 g/mol. The van der Waals surface area contributed by atoms with E-state index in [4.69, 9.17) is 5.73 Å². The van der Waals surface area contributed by atoms with Gasteiger partial charge in [-0.2, -0.15) is 5.10 Å². The highest BCUT2D eigenvalue weighted by Gasteiger charge is 2.08. The van der Waals surface area contributed by atoms with Crippen molar-refractivity contribution in [1.29, 1.82) is 0 Å². The Morgan fingerprint density at radius 3 is 2.53 bits per heavy atom. The van der Waals surface area contributed by atoms with Crippen LogP contribution in [0.4, 0.5) is 4.79 Å². The standard InChI is InChI=1S/C11H15N3O/c1-8(9(2)13-14-11(12)15)10-6-4-3-5-7-10/h3-8H,1-2H3,(H3,12,14,15)/b13-9+/t8-/m1/s1. The van der Waals surface area contributed by atoms with Crippen molar-refractivity contribution in [2.45, 2.75) is 19.8 Å². The molecule has 0 saturated heterocycles. The van der Waals surface area contributed by atoms with Gasteiger partial charge in [-0.25, -0.2) is 10.2 Å². The van der Waals surface area contributed by atoms with Crippen molar-refractivity contribution < 1.29 is 4.79 Å². The van der Waals surface area contributed by atoms with E-state index >= 15 is 0 Å². The molecule has 0 bridgehead atoms. The Labute approximate surface area is 89.2 Å². The highest BCUT2D eigenvalue weighted by molar-refractivity contribution is 5.89. The number of hydrogen-bond acceptors (Lipinski definition) is 2. The summed E-state index contributed by atoms with van der Waals surface area (Å²) in [5.41, 5.74) is 9.12. The Hall–Kier alpha value is -1.84. The lowest BCUT2D eigenvalue weighted by Crippen LogP contribution is -2.26. The molecule has 4 heteroatoms. The van der Waals surface area contributed by atoms with Crippen LogP contribution in [0.3, 0.4) is 0 Å². The topological polar surface area (TPSA) is 67.5 Å². The number of nitrogens with one attached hydrogen (secondary N) is 1. The van der Waals surface area contributed by atoms with Crippen LogP contribution in [0.25, 0.3) is 0 Å². The summed E-state index contributed by atoms with van der Waals surface area (Å²) in [4.78, 5) is 10.5. The fourth-order valence-corrected chi connectivity index (χ4v) is 1.22. The van der Waals surface area contributed by atoms with Crippen LogP contribution in [0.15, 0.2) is 35.4 Å². The van der Waals surface area contributed by atoms with Gasteiger partial charge in [-0.1, -0.05) is 37.3 Å². The maximum Gasteiger partial charge on any atom is 0.332 e. The third kappa shape index (κ3) is 3.42. The minimum Gasteiger partial charge on any atom is -0.350 e. The molecule has 1 atom stereocenters. The van der Waals surface area contributed by atoms with Crippen molar-refractivity contribution in [2.75, 3.05) is 0 Å². The smallest absolute Gasteiger partial charge is 0.332 e. The third-order valence-electron chi connectivity index (χ3n) is 2.27. The molecule has 0 aliphatic rings. The summed E-state index contributed by atoms with van der Waals surface area (Å²) in [7, 11) is 0. The molecule has 0 fully saturated rings. The van der Waals surface area contributed by atoms with Gasteiger partial charge in [0.2, 0.25) is 0 Å². The molecular formula is C11H15N3O. The van der Waals surface area contributed by atoms with E-state index in [-0.39, 0.29) is 5.92 Å². The number of primary amides is 1. The minimum absolute atomic E-state index is 0.165. The minimum atomic E-state index is -0.644. The first-order valence-electron chi connectivity index (χ1n) is 4.76. The number of rotatable bonds is 3. The maximum atomic E-state index is 10.5. The van der Waals surface area contributed by atoms with Crippen LogP contribution in [-0.2, 0) is 0 Å². The molecule has 80 valence electrons. The summed E-state index contributed by atoms with van der Waals surface area (Å²) < 4.78 is 0. The summed E-state index contributed by atoms with van der Waals surface area (Å²) in [6.45, 7) is 3.88. The van der Waals surface area contributed by atoms with Crippen LogP contribution in [-0.4, -0.2) is 11.7 Å². The second-order valence-electron chi connectivity index (χ2n) is 3.36. The molecule has 0 radical (unpaired) electrons. The fraction of sp³-hybridized carbons (Fsp3) is 0.273. The van der Waals surface area contributed by atoms with Gasteiger partial charge in [0, 0.05) is 11.6 Å². The molecular weight excluding hydrogens is 190 g/mol. The molecule has 0 saturated carbocycles. The van der Waals surface area contributed by atoms with Crippen molar-refractivity contribution in [1.82, 2.24) is 5.43 Å². The summed E-state index contributed by atoms with van der Waals surface area (Å²) in [5.74, 6) is 0.165. The van der Waals surface area contributed by atoms with Crippen LogP contribution in [0.1, 0.15) is 25.3 Å². The average molecular weight is 205 g/mol. The summed E-state index contributed by atoms with van der Waals surface area (Å²) in [6, 6.07) is 9.31. The largest absolute Gasteiger partial charge is 0.350 e. The molecule has 0 spiro atoms. The number of benzene rings is 1. The van der Waals surface area contributed by atoms with Gasteiger partial charge in [0.15, 0.2) is 0 Å². The predicted molar refractivity (Wildman–Crippen MR) is 60.7 cm³/mol. The Balaban J connectivity index is 2.72. The fourth-order valence-electron chi connectivity index (χ4n) is 1.22. The molecule has 0 aliphatic carbocycles. The van der Waals surface area contributed by atoms with Crippen LogP contribution in [0, 0.1) is 0 Å². The van der Waals surface area contributed by atoms with E-state index in [1.165, 1.54) is 0 Å². The van der Waals surface area contributed by atoms with Crippen LogP contribution in [0.5, 0.6) is 0 Å². The van der Waals surface area contributed by atoms with Crippen LogP contribution >= 0.6 is 0 Å². The molecule has 1 aromatic rings. The number of hydrazone groups is 1. The molecule has 4 nitrogen and oxygen atoms in total. The number of urea groups is 1. The Bertz CT molecular complexity index is 359. The average Bonchev–Trinajstić information content (AvgIpc) is 2.26. The SMILES string of the molecule is C/C(=N\NC(N)=O)[C@@H](C)c1ccccc1. The maximum absolute atomic E-state index is 10.5. The lowest BCUT2D eigenvalue weighted by Gasteiger charge is -2.10. The Morgan fingerprint density at radius 1 is 1.40 bits per heavy atom. The van der Waals surface area contributed by atoms with Crippen molar-refractivity contribution in [3.8, 4) is 0 Å². The second kappa shape index (κ2) is 5.14. The van der Waals surface area contributed by atoms with E-state index in [0.717, 1.165) is 11.3 Å². The molecule has 1 rings (SSSR count). The van der Waals surface area contributed by atoms with Crippen molar-refractivity contribution in [3.05, 3.63) is 35.9 Å². The number of nitrogens with two attached hydrogens (primary N) is 1. The van der Waals surface area contributed by atoms with Gasteiger partial charge < -0.3 is 5.73 Å². The molecule has 1 aromatic carbocycles. The normalized spacial score (nSPS) is 13.3. The lowest BCUT2D eigenvalue weighted by molar-refractivity contribution is 0.249. The van der Waals surface area contributed by atoms with E-state index in [0.29, 0.717) is 0 Å². The van der Waals surface area contributed by atoms with Gasteiger partial charge in [-0.05, 0) is 12.5 Å². The summed E-state index contributed by atoms with van der Waals surface area (Å²) in [6.07, 6.45) is 0. The summed E-state index contributed by atoms with van der Waals surface area (Å²) >= 11 is 0. The highest BCUT2D eigenvalue weighted by Crippen LogP contribution is 2.15. The highest BCUT2D eigenvalue weighted by atomic mass is 16.2. The van der Waals surface area contributed by atoms with E-state index in [1.807, 2.05) is 44.2 Å². The van der Waals surface area contributed by atoms with Crippen molar-refractivity contribution in [3.63, 3.8) is 0 Å². The second-order valence-corrected chi connectivity index (χ2v) is 3.36. The Kier molecular flexibility index (Phi) is 3.85. The molecule has 0 aliphatic heterocycles. The van der Waals surface area contributed by atoms with Gasteiger partial charge in [0.05, 0.1) is 0 Å². The van der Waals surface area contributed by atoms with Gasteiger partial charge >= 0.3 is 6.03 Å². The van der Waals surface area contributed by atoms with E-state index in [9.17, 15) is 4.79 Å². The predicted octanol–water partition coefficient (Wildman–Crippen LogP) is 1.83. The first-order chi connectivity index (χ1) is 7.11. The lowest BCUT2D eigenvalue weighted by atomic mass is 9.97. The van der Waals surface area contributed by atoms with Gasteiger partial charge in [-0.15, -0.1) is 0 Å². The van der Waals surface area contributed by atoms with Gasteiger partial charge in [-0.3, -0.25) is 0 Å². The number of nitrogens with zero attached hydrogens (tertiary/aromatic N) is 1. The third-order valence-corrected chi connectivity index (χ3v) is 2.27. The van der Waals surface area contributed by atoms with Gasteiger partial charge in [0.1, 0.15) is 0 Å². The van der Waals surface area contributed by atoms with E-state index < -0.39 is 6.03 Å². The quantitative estimate of drug-likeness (QED) is 0.573. The van der Waals surface area contributed by atoms with E-state index in [1.54, 1.807) is 0 Å². The Morgan fingerprint density at radius 2 is 2.00 bits per heavy atom. The molecule has 3 N–H and O–H groups in total. The molecule has 0 heterocycles. The van der Waals surface area contributed by atoms with E-state index in [2.05, 4.69) is 10.5 Å². The zero-order chi connectivity index (χ0) is 11.3. The van der Waals surface area contributed by atoms with Crippen molar-refractivity contribution >= 4 is 11.7 Å². The molecule has 0 unspecified atom stereocenters. The van der Waals surface area contributed by atoms with Gasteiger partial charge in [0.25, 0.3) is 0 Å². The van der Waals surface area contributed by atoms with Crippen molar-refractivity contribution in [2.24, 2.45) is 10.8 Å². The molecule has 0 aromatic heterocycles. The van der Waals surface area contributed by atoms with Crippen LogP contribution < -0.4 is 11.2 Å². The zero-order valence-electron chi connectivity index (χ0n) is 8.90. The number of carbonyl (C=O) groups is 1. The zero-order valence-corrected chi connectivity index (χ0v) is 8.90.